The van der Waals surface area contributed by atoms with Gasteiger partial charge in [-0.1, -0.05) is 6.07 Å². The lowest BCUT2D eigenvalue weighted by atomic mass is 10.0. The largest absolute Gasteiger partial charge is 0.347 e. The van der Waals surface area contributed by atoms with Crippen molar-refractivity contribution >= 4 is 20.9 Å². The second-order valence-corrected chi connectivity index (χ2v) is 10.3. The van der Waals surface area contributed by atoms with Gasteiger partial charge in [-0.05, 0) is 73.2 Å². The van der Waals surface area contributed by atoms with E-state index < -0.39 is 15.8 Å². The summed E-state index contributed by atoms with van der Waals surface area (Å²) in [5.41, 5.74) is 3.36. The summed E-state index contributed by atoms with van der Waals surface area (Å²) in [7, 11) is -3.60. The van der Waals surface area contributed by atoms with Crippen LogP contribution in [0.4, 0.5) is 4.39 Å². The van der Waals surface area contributed by atoms with Gasteiger partial charge in [0.15, 0.2) is 0 Å². The van der Waals surface area contributed by atoms with Gasteiger partial charge in [0.2, 0.25) is 10.0 Å². The first-order chi connectivity index (χ1) is 15.5. The summed E-state index contributed by atoms with van der Waals surface area (Å²) in [6, 6.07) is 13.6. The van der Waals surface area contributed by atoms with Gasteiger partial charge in [-0.3, -0.25) is 5.10 Å². The molecule has 32 heavy (non-hydrogen) atoms. The molecule has 1 saturated heterocycles. The van der Waals surface area contributed by atoms with Gasteiger partial charge in [0.25, 0.3) is 0 Å². The van der Waals surface area contributed by atoms with E-state index in [1.54, 1.807) is 4.31 Å². The van der Waals surface area contributed by atoms with Crippen LogP contribution in [-0.2, 0) is 16.6 Å². The van der Waals surface area contributed by atoms with Crippen LogP contribution in [0.1, 0.15) is 19.3 Å². The van der Waals surface area contributed by atoms with Crippen molar-refractivity contribution in [1.82, 2.24) is 19.1 Å². The van der Waals surface area contributed by atoms with Gasteiger partial charge in [-0.2, -0.15) is 9.40 Å². The number of rotatable bonds is 5. The quantitative estimate of drug-likeness (QED) is 0.479. The van der Waals surface area contributed by atoms with E-state index in [-0.39, 0.29) is 4.90 Å². The highest BCUT2D eigenvalue weighted by molar-refractivity contribution is 7.89. The molecule has 1 unspecified atom stereocenters. The van der Waals surface area contributed by atoms with Crippen LogP contribution in [0.25, 0.3) is 22.0 Å². The Morgan fingerprint density at radius 1 is 1.03 bits per heavy atom. The number of sulfonamides is 1. The number of nitrogens with zero attached hydrogens (tertiary/aromatic N) is 3. The lowest BCUT2D eigenvalue weighted by molar-refractivity contribution is 0.388. The van der Waals surface area contributed by atoms with Crippen LogP contribution in [0.5, 0.6) is 0 Å². The highest BCUT2D eigenvalue weighted by Crippen LogP contribution is 2.28. The molecular weight excluding hydrogens is 427 g/mol. The van der Waals surface area contributed by atoms with Gasteiger partial charge in [0.05, 0.1) is 11.1 Å². The molecule has 2 aromatic heterocycles. The van der Waals surface area contributed by atoms with E-state index in [9.17, 15) is 12.8 Å². The summed E-state index contributed by atoms with van der Waals surface area (Å²) in [6.45, 7) is 1.84. The second-order valence-electron chi connectivity index (χ2n) is 8.38. The Bertz CT molecular complexity index is 1310. The van der Waals surface area contributed by atoms with Crippen LogP contribution in [0.15, 0.2) is 72.0 Å². The Morgan fingerprint density at radius 3 is 2.66 bits per heavy atom. The molecular formula is C24H25FN4O2S. The van der Waals surface area contributed by atoms with Gasteiger partial charge in [-0.25, -0.2) is 12.8 Å². The molecule has 1 aliphatic heterocycles. The van der Waals surface area contributed by atoms with Crippen LogP contribution in [-0.4, -0.2) is 40.6 Å². The van der Waals surface area contributed by atoms with Crippen molar-refractivity contribution in [2.24, 2.45) is 5.92 Å². The first-order valence-corrected chi connectivity index (χ1v) is 12.3. The molecule has 0 radical (unpaired) electrons. The third-order valence-electron chi connectivity index (χ3n) is 6.32. The summed E-state index contributed by atoms with van der Waals surface area (Å²) in [5, 5.41) is 8.05. The van der Waals surface area contributed by atoms with E-state index in [1.807, 2.05) is 12.4 Å². The van der Waals surface area contributed by atoms with Gasteiger partial charge in [0.1, 0.15) is 5.82 Å². The normalized spacial score (nSPS) is 18.1. The van der Waals surface area contributed by atoms with Crippen molar-refractivity contribution in [1.29, 1.82) is 0 Å². The topological polar surface area (TPSA) is 71.0 Å². The summed E-state index contributed by atoms with van der Waals surface area (Å²) < 4.78 is 43.0. The minimum atomic E-state index is -3.60. The molecule has 1 N–H and O–H groups in total. The molecule has 2 aromatic carbocycles. The number of hydrogen-bond donors (Lipinski definition) is 1. The minimum Gasteiger partial charge on any atom is -0.347 e. The Balaban J connectivity index is 1.29. The van der Waals surface area contributed by atoms with E-state index in [4.69, 9.17) is 0 Å². The molecule has 1 fully saturated rings. The molecule has 0 amide bonds. The van der Waals surface area contributed by atoms with E-state index in [0.717, 1.165) is 36.9 Å². The molecule has 0 spiro atoms. The summed E-state index contributed by atoms with van der Waals surface area (Å²) in [4.78, 5) is 0.155. The zero-order valence-electron chi connectivity index (χ0n) is 17.6. The lowest BCUT2D eigenvalue weighted by Crippen LogP contribution is -2.32. The van der Waals surface area contributed by atoms with Gasteiger partial charge in [0, 0.05) is 48.5 Å². The zero-order chi connectivity index (χ0) is 22.1. The van der Waals surface area contributed by atoms with Crippen LogP contribution < -0.4 is 0 Å². The van der Waals surface area contributed by atoms with Crippen molar-refractivity contribution in [3.8, 4) is 11.1 Å². The van der Waals surface area contributed by atoms with Gasteiger partial charge < -0.3 is 4.57 Å². The number of aromatic amines is 1. The molecule has 4 aromatic rings. The molecule has 3 heterocycles. The molecule has 0 aliphatic carbocycles. The van der Waals surface area contributed by atoms with Crippen LogP contribution in [0.3, 0.4) is 0 Å². The summed E-state index contributed by atoms with van der Waals surface area (Å²) in [6.07, 6.45) is 8.40. The van der Waals surface area contributed by atoms with Crippen LogP contribution in [0, 0.1) is 11.7 Å². The highest BCUT2D eigenvalue weighted by atomic mass is 32.2. The van der Waals surface area contributed by atoms with Gasteiger partial charge >= 0.3 is 0 Å². The molecule has 0 saturated carbocycles. The smallest absolute Gasteiger partial charge is 0.243 e. The lowest BCUT2D eigenvalue weighted by Gasteiger charge is -2.20. The Hall–Kier alpha value is -2.97. The molecule has 8 heteroatoms. The molecule has 6 nitrogen and oxygen atoms in total. The Kier molecular flexibility index (Phi) is 5.57. The minimum absolute atomic E-state index is 0.155. The van der Waals surface area contributed by atoms with Crippen molar-refractivity contribution in [2.75, 3.05) is 13.1 Å². The number of benzene rings is 2. The van der Waals surface area contributed by atoms with Crippen LogP contribution in [0.2, 0.25) is 0 Å². The monoisotopic (exact) mass is 452 g/mol. The van der Waals surface area contributed by atoms with Crippen molar-refractivity contribution in [3.63, 3.8) is 0 Å². The molecule has 1 atom stereocenters. The first-order valence-electron chi connectivity index (χ1n) is 10.8. The maximum Gasteiger partial charge on any atom is 0.243 e. The van der Waals surface area contributed by atoms with Crippen molar-refractivity contribution in [3.05, 3.63) is 72.9 Å². The molecule has 0 bridgehead atoms. The van der Waals surface area contributed by atoms with Crippen LogP contribution >= 0.6 is 0 Å². The number of halogens is 1. The second kappa shape index (κ2) is 8.52. The number of nitrogens with one attached hydrogen (secondary N) is 1. The number of H-pyrrole nitrogens is 1. The zero-order valence-corrected chi connectivity index (χ0v) is 18.4. The van der Waals surface area contributed by atoms with E-state index in [2.05, 4.69) is 45.2 Å². The number of hydrogen-bond acceptors (Lipinski definition) is 3. The van der Waals surface area contributed by atoms with Crippen molar-refractivity contribution in [2.45, 2.75) is 30.7 Å². The SMILES string of the molecule is O=S(=O)(c1ccc(F)cc1)N1CCCC(Cn2ccc3cc(-c4cn[nH]c4)ccc32)CC1. The fraction of sp³-hybridized carbons (Fsp3) is 0.292. The number of aromatic nitrogens is 3. The predicted octanol–water partition coefficient (Wildman–Crippen LogP) is 4.66. The summed E-state index contributed by atoms with van der Waals surface area (Å²) in [5.74, 6) is -0.0386. The molecule has 166 valence electrons. The predicted molar refractivity (Wildman–Crippen MR) is 122 cm³/mol. The Morgan fingerprint density at radius 2 is 1.88 bits per heavy atom. The number of fused-ring (bicyclic) bond motifs is 1. The van der Waals surface area contributed by atoms with E-state index in [0.29, 0.717) is 19.0 Å². The fourth-order valence-corrected chi connectivity index (χ4v) is 6.04. The van der Waals surface area contributed by atoms with E-state index in [1.165, 1.54) is 35.2 Å². The Labute approximate surface area is 186 Å². The van der Waals surface area contributed by atoms with Crippen molar-refractivity contribution < 1.29 is 12.8 Å². The standard InChI is InChI=1S/C24H25FN4O2S/c25-22-4-6-23(7-5-22)32(30,31)29-11-1-2-18(9-13-29)17-28-12-10-20-14-19(3-8-24(20)28)21-15-26-27-16-21/h3-8,10,12,14-16,18H,1-2,9,11,13,17H2,(H,26,27). The highest BCUT2D eigenvalue weighted by Gasteiger charge is 2.27. The fourth-order valence-electron chi connectivity index (χ4n) is 4.54. The molecule has 5 rings (SSSR count). The summed E-state index contributed by atoms with van der Waals surface area (Å²) >= 11 is 0. The average Bonchev–Trinajstić information content (AvgIpc) is 3.40. The third-order valence-corrected chi connectivity index (χ3v) is 8.23. The average molecular weight is 453 g/mol. The molecule has 1 aliphatic rings. The third kappa shape index (κ3) is 4.08. The van der Waals surface area contributed by atoms with E-state index >= 15 is 0 Å². The maximum atomic E-state index is 13.2. The maximum absolute atomic E-state index is 13.2. The first kappa shape index (κ1) is 20.9. The van der Waals surface area contributed by atoms with Gasteiger partial charge in [-0.15, -0.1) is 0 Å².